The Kier molecular flexibility index (Phi) is 6.22. The number of hydrazine groups is 1. The van der Waals surface area contributed by atoms with E-state index in [1.165, 1.54) is 0 Å². The van der Waals surface area contributed by atoms with E-state index in [9.17, 15) is 4.79 Å². The average Bonchev–Trinajstić information content (AvgIpc) is 2.45. The third kappa shape index (κ3) is 3.83. The Morgan fingerprint density at radius 3 is 2.65 bits per heavy atom. The fourth-order valence-corrected chi connectivity index (χ4v) is 2.37. The van der Waals surface area contributed by atoms with Gasteiger partial charge < -0.3 is 10.3 Å². The van der Waals surface area contributed by atoms with Crippen LogP contribution < -0.4 is 11.3 Å². The summed E-state index contributed by atoms with van der Waals surface area (Å²) in [5.74, 6) is 6.96. The quantitative estimate of drug-likeness (QED) is 0.614. The molecule has 20 heavy (non-hydrogen) atoms. The molecule has 0 aromatic carbocycles. The molecule has 1 heterocycles. The second-order valence-electron chi connectivity index (χ2n) is 5.01. The number of hydrogen-bond acceptors (Lipinski definition) is 6. The van der Waals surface area contributed by atoms with Gasteiger partial charge in [0.1, 0.15) is 5.82 Å². The maximum atomic E-state index is 12.5. The molecule has 7 heteroatoms. The molecule has 0 aliphatic heterocycles. The molecular weight excluding hydrogens is 274 g/mol. The highest BCUT2D eigenvalue weighted by Crippen LogP contribution is 2.18. The van der Waals surface area contributed by atoms with Crippen LogP contribution in [0.3, 0.4) is 0 Å². The molecule has 1 aromatic rings. The Morgan fingerprint density at radius 1 is 1.50 bits per heavy atom. The second-order valence-corrected chi connectivity index (χ2v) is 5.92. The molecule has 0 fully saturated rings. The number of nitrogens with zero attached hydrogens (tertiary/aromatic N) is 3. The highest BCUT2D eigenvalue weighted by Gasteiger charge is 2.22. The molecule has 0 saturated heterocycles. The fourth-order valence-electron chi connectivity index (χ4n) is 1.66. The Labute approximate surface area is 124 Å². The maximum absolute atomic E-state index is 12.5. The summed E-state index contributed by atoms with van der Waals surface area (Å²) in [7, 11) is 1.78. The van der Waals surface area contributed by atoms with Crippen LogP contribution in [-0.4, -0.2) is 45.9 Å². The second kappa shape index (κ2) is 7.44. The molecule has 0 aliphatic carbocycles. The number of anilines is 1. The van der Waals surface area contributed by atoms with Gasteiger partial charge in [0.2, 0.25) is 0 Å². The number of nitrogens with two attached hydrogens (primary N) is 1. The molecule has 1 amide bonds. The van der Waals surface area contributed by atoms with E-state index in [1.807, 2.05) is 27.0 Å². The van der Waals surface area contributed by atoms with E-state index in [1.54, 1.807) is 29.9 Å². The molecule has 1 rings (SSSR count). The van der Waals surface area contributed by atoms with Crippen molar-refractivity contribution in [3.05, 3.63) is 17.7 Å². The number of hydrogen-bond donors (Lipinski definition) is 2. The third-order valence-corrected chi connectivity index (χ3v) is 3.89. The summed E-state index contributed by atoms with van der Waals surface area (Å²) in [4.78, 5) is 22.8. The number of nitrogen functional groups attached to an aromatic ring is 1. The molecule has 1 atom stereocenters. The van der Waals surface area contributed by atoms with Crippen LogP contribution in [0.1, 0.15) is 43.0 Å². The van der Waals surface area contributed by atoms with Gasteiger partial charge in [0.15, 0.2) is 5.69 Å². The first-order chi connectivity index (χ1) is 9.42. The zero-order valence-electron chi connectivity index (χ0n) is 12.7. The van der Waals surface area contributed by atoms with E-state index in [4.69, 9.17) is 5.84 Å². The standard InChI is InChI=1S/C13H23N5OS/c1-8(2)12-15-6-10(17-14)11(16-12)13(19)18(4)9(3)7-20-5/h6,8-9,17H,7,14H2,1-5H3. The highest BCUT2D eigenvalue weighted by molar-refractivity contribution is 7.98. The minimum absolute atomic E-state index is 0.126. The predicted octanol–water partition coefficient (Wildman–Crippen LogP) is 1.71. The van der Waals surface area contributed by atoms with Crippen LogP contribution in [0.15, 0.2) is 6.20 Å². The Hall–Kier alpha value is -1.34. The molecule has 6 nitrogen and oxygen atoms in total. The first-order valence-corrected chi connectivity index (χ1v) is 7.91. The van der Waals surface area contributed by atoms with E-state index < -0.39 is 0 Å². The first kappa shape index (κ1) is 16.7. The summed E-state index contributed by atoms with van der Waals surface area (Å²) >= 11 is 1.70. The van der Waals surface area contributed by atoms with Crippen molar-refractivity contribution in [2.45, 2.75) is 32.7 Å². The highest BCUT2D eigenvalue weighted by atomic mass is 32.2. The summed E-state index contributed by atoms with van der Waals surface area (Å²) in [5.41, 5.74) is 3.26. The topological polar surface area (TPSA) is 84.1 Å². The van der Waals surface area contributed by atoms with Crippen molar-refractivity contribution in [1.82, 2.24) is 14.9 Å². The first-order valence-electron chi connectivity index (χ1n) is 6.52. The lowest BCUT2D eigenvalue weighted by molar-refractivity contribution is 0.0752. The molecule has 3 N–H and O–H groups in total. The van der Waals surface area contributed by atoms with Crippen molar-refractivity contribution < 1.29 is 4.79 Å². The van der Waals surface area contributed by atoms with Gasteiger partial charge in [-0.1, -0.05) is 13.8 Å². The van der Waals surface area contributed by atoms with Crippen LogP contribution in [0, 0.1) is 0 Å². The SMILES string of the molecule is CSCC(C)N(C)C(=O)c1nc(C(C)C)ncc1NN. The van der Waals surface area contributed by atoms with Gasteiger partial charge in [-0.3, -0.25) is 10.6 Å². The van der Waals surface area contributed by atoms with Gasteiger partial charge in [-0.05, 0) is 13.2 Å². The maximum Gasteiger partial charge on any atom is 0.274 e. The zero-order valence-corrected chi connectivity index (χ0v) is 13.5. The number of carbonyl (C=O) groups excluding carboxylic acids is 1. The van der Waals surface area contributed by atoms with Crippen LogP contribution in [-0.2, 0) is 0 Å². The minimum atomic E-state index is -0.149. The van der Waals surface area contributed by atoms with Gasteiger partial charge in [-0.2, -0.15) is 11.8 Å². The summed E-state index contributed by atoms with van der Waals surface area (Å²) < 4.78 is 0. The number of carbonyl (C=O) groups is 1. The van der Waals surface area contributed by atoms with E-state index in [-0.39, 0.29) is 17.9 Å². The van der Waals surface area contributed by atoms with Crippen LogP contribution in [0.25, 0.3) is 0 Å². The van der Waals surface area contributed by atoms with Crippen molar-refractivity contribution in [2.75, 3.05) is 24.5 Å². The molecule has 0 spiro atoms. The van der Waals surface area contributed by atoms with Crippen molar-refractivity contribution in [3.63, 3.8) is 0 Å². The summed E-state index contributed by atoms with van der Waals surface area (Å²) in [6, 6.07) is 0.126. The molecular formula is C13H23N5OS. The van der Waals surface area contributed by atoms with Crippen LogP contribution in [0.4, 0.5) is 5.69 Å². The van der Waals surface area contributed by atoms with Crippen molar-refractivity contribution in [1.29, 1.82) is 0 Å². The molecule has 1 aromatic heterocycles. The summed E-state index contributed by atoms with van der Waals surface area (Å²) in [6.45, 7) is 5.98. The largest absolute Gasteiger partial charge is 0.337 e. The van der Waals surface area contributed by atoms with Gasteiger partial charge >= 0.3 is 0 Å². The van der Waals surface area contributed by atoms with Crippen LogP contribution in [0.2, 0.25) is 0 Å². The smallest absolute Gasteiger partial charge is 0.274 e. The fraction of sp³-hybridized carbons (Fsp3) is 0.615. The van der Waals surface area contributed by atoms with Gasteiger partial charge in [-0.15, -0.1) is 0 Å². The molecule has 0 saturated carbocycles. The number of nitrogens with one attached hydrogen (secondary N) is 1. The molecule has 112 valence electrons. The Bertz CT molecular complexity index is 466. The third-order valence-electron chi connectivity index (χ3n) is 3.07. The lowest BCUT2D eigenvalue weighted by atomic mass is 10.2. The van der Waals surface area contributed by atoms with E-state index >= 15 is 0 Å². The van der Waals surface area contributed by atoms with Gasteiger partial charge in [0.25, 0.3) is 5.91 Å². The Morgan fingerprint density at radius 2 is 2.15 bits per heavy atom. The van der Waals surface area contributed by atoms with E-state index in [0.29, 0.717) is 17.2 Å². The molecule has 0 aliphatic rings. The monoisotopic (exact) mass is 297 g/mol. The summed E-state index contributed by atoms with van der Waals surface area (Å²) in [5, 5.41) is 0. The number of aromatic nitrogens is 2. The number of thioether (sulfide) groups is 1. The van der Waals surface area contributed by atoms with Crippen molar-refractivity contribution in [3.8, 4) is 0 Å². The van der Waals surface area contributed by atoms with Crippen LogP contribution in [0.5, 0.6) is 0 Å². The lowest BCUT2D eigenvalue weighted by Crippen LogP contribution is -2.37. The normalized spacial score (nSPS) is 12.3. The minimum Gasteiger partial charge on any atom is -0.337 e. The van der Waals surface area contributed by atoms with Gasteiger partial charge in [-0.25, -0.2) is 9.97 Å². The van der Waals surface area contributed by atoms with E-state index in [2.05, 4.69) is 15.4 Å². The van der Waals surface area contributed by atoms with Crippen molar-refractivity contribution >= 4 is 23.4 Å². The number of rotatable bonds is 6. The molecule has 1 unspecified atom stereocenters. The lowest BCUT2D eigenvalue weighted by Gasteiger charge is -2.25. The average molecular weight is 297 g/mol. The predicted molar refractivity (Wildman–Crippen MR) is 83.9 cm³/mol. The molecule has 0 bridgehead atoms. The van der Waals surface area contributed by atoms with Gasteiger partial charge in [0, 0.05) is 24.8 Å². The molecule has 0 radical (unpaired) electrons. The van der Waals surface area contributed by atoms with Crippen LogP contribution >= 0.6 is 11.8 Å². The summed E-state index contributed by atoms with van der Waals surface area (Å²) in [6.07, 6.45) is 3.58. The Balaban J connectivity index is 3.09. The van der Waals surface area contributed by atoms with E-state index in [0.717, 1.165) is 5.75 Å². The number of amides is 1. The van der Waals surface area contributed by atoms with Gasteiger partial charge in [0.05, 0.1) is 11.9 Å². The zero-order chi connectivity index (χ0) is 15.3. The van der Waals surface area contributed by atoms with Crippen molar-refractivity contribution in [2.24, 2.45) is 5.84 Å².